The van der Waals surface area contributed by atoms with Crippen molar-refractivity contribution in [2.45, 2.75) is 25.6 Å². The molecule has 0 aromatic rings. The Morgan fingerprint density at radius 3 is 3.18 bits per heavy atom. The van der Waals surface area contributed by atoms with Gasteiger partial charge in [0.15, 0.2) is 6.29 Å². The summed E-state index contributed by atoms with van der Waals surface area (Å²) in [5, 5.41) is 9.44. The molecule has 3 unspecified atom stereocenters. The van der Waals surface area contributed by atoms with E-state index in [1.807, 2.05) is 0 Å². The highest BCUT2D eigenvalue weighted by Gasteiger charge is 2.45. The first-order valence-electron chi connectivity index (χ1n) is 4.38. The standard InChI is InChI=1S/C9H12O2/c10-9-8-6-2-1-5(3-6)7(8)4-11-9/h5,7,9-10H,1-4H2. The van der Waals surface area contributed by atoms with Gasteiger partial charge in [0.25, 0.3) is 0 Å². The molecule has 2 nitrogen and oxygen atoms in total. The SMILES string of the molecule is OC1OCC2C1=C1CCC2C1. The number of rotatable bonds is 0. The number of hydrogen-bond acceptors (Lipinski definition) is 2. The lowest BCUT2D eigenvalue weighted by atomic mass is 9.88. The van der Waals surface area contributed by atoms with Gasteiger partial charge in [0.05, 0.1) is 6.61 Å². The minimum Gasteiger partial charge on any atom is -0.364 e. The van der Waals surface area contributed by atoms with E-state index in [1.54, 1.807) is 0 Å². The van der Waals surface area contributed by atoms with Crippen LogP contribution in [-0.2, 0) is 4.74 Å². The first-order valence-corrected chi connectivity index (χ1v) is 4.38. The Kier molecular flexibility index (Phi) is 1.06. The molecule has 1 heterocycles. The maximum Gasteiger partial charge on any atom is 0.177 e. The van der Waals surface area contributed by atoms with Crippen LogP contribution < -0.4 is 0 Å². The number of aliphatic hydroxyl groups is 1. The Bertz CT molecular complexity index is 232. The monoisotopic (exact) mass is 152 g/mol. The summed E-state index contributed by atoms with van der Waals surface area (Å²) in [6.07, 6.45) is 3.26. The molecule has 1 aliphatic heterocycles. The Morgan fingerprint density at radius 1 is 1.45 bits per heavy atom. The van der Waals surface area contributed by atoms with Crippen molar-refractivity contribution in [1.82, 2.24) is 0 Å². The molecular formula is C9H12O2. The molecule has 2 bridgehead atoms. The van der Waals surface area contributed by atoms with Gasteiger partial charge < -0.3 is 9.84 Å². The number of hydrogen-bond donors (Lipinski definition) is 1. The van der Waals surface area contributed by atoms with Gasteiger partial charge in [0, 0.05) is 5.92 Å². The Hall–Kier alpha value is -0.340. The van der Waals surface area contributed by atoms with Crippen LogP contribution in [0.5, 0.6) is 0 Å². The molecule has 0 radical (unpaired) electrons. The molecule has 1 N–H and O–H groups in total. The van der Waals surface area contributed by atoms with Gasteiger partial charge in [-0.1, -0.05) is 5.57 Å². The quantitative estimate of drug-likeness (QED) is 0.526. The third kappa shape index (κ3) is 0.644. The average molecular weight is 152 g/mol. The van der Waals surface area contributed by atoms with Gasteiger partial charge in [0.1, 0.15) is 0 Å². The van der Waals surface area contributed by atoms with Crippen molar-refractivity contribution in [3.63, 3.8) is 0 Å². The lowest BCUT2D eigenvalue weighted by molar-refractivity contribution is -0.0430. The van der Waals surface area contributed by atoms with Gasteiger partial charge in [-0.25, -0.2) is 0 Å². The second kappa shape index (κ2) is 1.87. The third-order valence-corrected chi connectivity index (χ3v) is 3.40. The van der Waals surface area contributed by atoms with Gasteiger partial charge in [0.2, 0.25) is 0 Å². The van der Waals surface area contributed by atoms with E-state index in [0.29, 0.717) is 5.92 Å². The fourth-order valence-corrected chi connectivity index (χ4v) is 2.87. The highest BCUT2D eigenvalue weighted by molar-refractivity contribution is 5.32. The van der Waals surface area contributed by atoms with Crippen LogP contribution in [0.15, 0.2) is 11.1 Å². The van der Waals surface area contributed by atoms with Gasteiger partial charge in [-0.2, -0.15) is 0 Å². The van der Waals surface area contributed by atoms with E-state index < -0.39 is 6.29 Å². The summed E-state index contributed by atoms with van der Waals surface area (Å²) >= 11 is 0. The topological polar surface area (TPSA) is 29.5 Å². The zero-order chi connectivity index (χ0) is 7.42. The van der Waals surface area contributed by atoms with Gasteiger partial charge in [-0.3, -0.25) is 0 Å². The maximum absolute atomic E-state index is 9.44. The van der Waals surface area contributed by atoms with Gasteiger partial charge in [-0.15, -0.1) is 0 Å². The normalized spacial score (nSPS) is 47.2. The second-order valence-corrected chi connectivity index (χ2v) is 3.85. The van der Waals surface area contributed by atoms with E-state index in [1.165, 1.54) is 30.4 Å². The summed E-state index contributed by atoms with van der Waals surface area (Å²) in [6.45, 7) is 0.769. The minimum absolute atomic E-state index is 0.541. The highest BCUT2D eigenvalue weighted by atomic mass is 16.6. The van der Waals surface area contributed by atoms with E-state index in [0.717, 1.165) is 12.5 Å². The van der Waals surface area contributed by atoms with Crippen molar-refractivity contribution in [2.75, 3.05) is 6.61 Å². The van der Waals surface area contributed by atoms with Crippen LogP contribution in [0.25, 0.3) is 0 Å². The van der Waals surface area contributed by atoms with Gasteiger partial charge in [-0.05, 0) is 30.8 Å². The first kappa shape index (κ1) is 6.21. The molecule has 11 heavy (non-hydrogen) atoms. The lowest BCUT2D eigenvalue weighted by Gasteiger charge is -2.15. The largest absolute Gasteiger partial charge is 0.364 e. The van der Waals surface area contributed by atoms with E-state index in [-0.39, 0.29) is 0 Å². The van der Waals surface area contributed by atoms with Crippen LogP contribution in [-0.4, -0.2) is 18.0 Å². The summed E-state index contributed by atoms with van der Waals surface area (Å²) in [5.41, 5.74) is 2.76. The molecule has 2 heteroatoms. The highest BCUT2D eigenvalue weighted by Crippen LogP contribution is 2.51. The van der Waals surface area contributed by atoms with Crippen molar-refractivity contribution in [2.24, 2.45) is 11.8 Å². The van der Waals surface area contributed by atoms with Crippen LogP contribution in [0.2, 0.25) is 0 Å². The molecule has 3 rings (SSSR count). The zero-order valence-electron chi connectivity index (χ0n) is 6.42. The summed E-state index contributed by atoms with van der Waals surface area (Å²) < 4.78 is 5.20. The summed E-state index contributed by atoms with van der Waals surface area (Å²) in [5.74, 6) is 1.41. The number of ether oxygens (including phenoxy) is 1. The van der Waals surface area contributed by atoms with Crippen LogP contribution in [0.1, 0.15) is 19.3 Å². The van der Waals surface area contributed by atoms with Crippen molar-refractivity contribution in [3.05, 3.63) is 11.1 Å². The molecule has 0 amide bonds. The number of aliphatic hydroxyl groups excluding tert-OH is 1. The second-order valence-electron chi connectivity index (χ2n) is 3.85. The molecule has 0 aromatic heterocycles. The smallest absolute Gasteiger partial charge is 0.177 e. The van der Waals surface area contributed by atoms with Crippen molar-refractivity contribution >= 4 is 0 Å². The van der Waals surface area contributed by atoms with Crippen molar-refractivity contribution in [1.29, 1.82) is 0 Å². The predicted octanol–water partition coefficient (Wildman–Crippen LogP) is 1.06. The molecule has 1 saturated heterocycles. The molecule has 2 fully saturated rings. The molecular weight excluding hydrogens is 140 g/mol. The van der Waals surface area contributed by atoms with Crippen LogP contribution in [0.4, 0.5) is 0 Å². The lowest BCUT2D eigenvalue weighted by Crippen LogP contribution is -2.13. The van der Waals surface area contributed by atoms with Crippen molar-refractivity contribution < 1.29 is 9.84 Å². The van der Waals surface area contributed by atoms with Crippen LogP contribution >= 0.6 is 0 Å². The van der Waals surface area contributed by atoms with Crippen molar-refractivity contribution in [3.8, 4) is 0 Å². The minimum atomic E-state index is -0.541. The number of allylic oxidation sites excluding steroid dienone is 1. The van der Waals surface area contributed by atoms with E-state index in [4.69, 9.17) is 4.74 Å². The third-order valence-electron chi connectivity index (χ3n) is 3.40. The molecule has 0 spiro atoms. The Morgan fingerprint density at radius 2 is 2.36 bits per heavy atom. The average Bonchev–Trinajstić information content (AvgIpc) is 2.60. The Balaban J connectivity index is 2.07. The fourth-order valence-electron chi connectivity index (χ4n) is 2.87. The van der Waals surface area contributed by atoms with E-state index in [2.05, 4.69) is 0 Å². The molecule has 3 atom stereocenters. The number of fused-ring (bicyclic) bond motifs is 4. The maximum atomic E-state index is 9.44. The predicted molar refractivity (Wildman–Crippen MR) is 39.8 cm³/mol. The molecule has 60 valence electrons. The first-order chi connectivity index (χ1) is 5.36. The molecule has 2 aliphatic carbocycles. The molecule has 1 saturated carbocycles. The summed E-state index contributed by atoms with van der Waals surface area (Å²) in [7, 11) is 0. The van der Waals surface area contributed by atoms with Crippen LogP contribution in [0.3, 0.4) is 0 Å². The van der Waals surface area contributed by atoms with Gasteiger partial charge >= 0.3 is 0 Å². The van der Waals surface area contributed by atoms with E-state index >= 15 is 0 Å². The molecule has 0 aromatic carbocycles. The molecule has 3 aliphatic rings. The van der Waals surface area contributed by atoms with Crippen LogP contribution in [0, 0.1) is 11.8 Å². The van der Waals surface area contributed by atoms with E-state index in [9.17, 15) is 5.11 Å². The zero-order valence-corrected chi connectivity index (χ0v) is 6.42. The summed E-state index contributed by atoms with van der Waals surface area (Å²) in [4.78, 5) is 0. The summed E-state index contributed by atoms with van der Waals surface area (Å²) in [6, 6.07) is 0. The fraction of sp³-hybridized carbons (Fsp3) is 0.778. The Labute approximate surface area is 65.9 Å².